The van der Waals surface area contributed by atoms with E-state index in [0.29, 0.717) is 34.6 Å². The van der Waals surface area contributed by atoms with Crippen LogP contribution in [-0.2, 0) is 9.59 Å². The number of hydrogen-bond acceptors (Lipinski definition) is 5. The Kier molecular flexibility index (Phi) is 5.81. The minimum Gasteiger partial charge on any atom is -0.323 e. The lowest BCUT2D eigenvalue weighted by Gasteiger charge is -2.36. The van der Waals surface area contributed by atoms with Crippen LogP contribution in [0.15, 0.2) is 23.2 Å². The molecule has 1 spiro atoms. The first-order valence-corrected chi connectivity index (χ1v) is 11.6. The highest BCUT2D eigenvalue weighted by Gasteiger charge is 2.55. The van der Waals surface area contributed by atoms with Crippen molar-refractivity contribution in [2.75, 3.05) is 18.8 Å². The van der Waals surface area contributed by atoms with Gasteiger partial charge in [-0.05, 0) is 43.4 Å². The van der Waals surface area contributed by atoms with Crippen LogP contribution >= 0.6 is 23.4 Å². The highest BCUT2D eigenvalue weighted by molar-refractivity contribution is 8.14. The maximum Gasteiger partial charge on any atom is 0.325 e. The highest BCUT2D eigenvalue weighted by atomic mass is 35.5. The second kappa shape index (κ2) is 8.23. The summed E-state index contributed by atoms with van der Waals surface area (Å²) in [6.45, 7) is 4.10. The fourth-order valence-corrected chi connectivity index (χ4v) is 5.54. The normalized spacial score (nSPS) is 28.0. The number of nitrogens with zero attached hydrogens (tertiary/aromatic N) is 3. The monoisotopic (exact) mass is 448 g/mol. The molecule has 3 fully saturated rings. The van der Waals surface area contributed by atoms with E-state index in [1.165, 1.54) is 11.8 Å². The zero-order chi connectivity index (χ0) is 21.5. The van der Waals surface area contributed by atoms with Crippen molar-refractivity contribution in [2.24, 2.45) is 10.9 Å². The largest absolute Gasteiger partial charge is 0.325 e. The minimum atomic E-state index is -0.857. The number of thioether (sulfide) groups is 1. The van der Waals surface area contributed by atoms with Crippen LogP contribution in [0.25, 0.3) is 0 Å². The number of benzene rings is 1. The van der Waals surface area contributed by atoms with Gasteiger partial charge in [0.2, 0.25) is 5.91 Å². The van der Waals surface area contributed by atoms with Gasteiger partial charge in [-0.2, -0.15) is 0 Å². The molecule has 4 amide bonds. The van der Waals surface area contributed by atoms with Crippen LogP contribution in [0.4, 0.5) is 10.5 Å². The van der Waals surface area contributed by atoms with E-state index in [4.69, 9.17) is 11.6 Å². The van der Waals surface area contributed by atoms with Crippen LogP contribution in [0, 0.1) is 12.8 Å². The number of halogens is 1. The average molecular weight is 449 g/mol. The van der Waals surface area contributed by atoms with Gasteiger partial charge in [0.05, 0.1) is 5.69 Å². The summed E-state index contributed by atoms with van der Waals surface area (Å²) >= 11 is 7.66. The van der Waals surface area contributed by atoms with Crippen molar-refractivity contribution in [3.8, 4) is 0 Å². The molecule has 2 saturated heterocycles. The molecule has 3 aliphatic rings. The first-order chi connectivity index (χ1) is 14.3. The number of carbonyl (C=O) groups is 3. The van der Waals surface area contributed by atoms with Crippen LogP contribution in [-0.4, -0.2) is 57.2 Å². The van der Waals surface area contributed by atoms with Gasteiger partial charge in [-0.15, -0.1) is 0 Å². The third kappa shape index (κ3) is 3.60. The van der Waals surface area contributed by atoms with Gasteiger partial charge in [0.25, 0.3) is 5.91 Å². The number of amidine groups is 1. The van der Waals surface area contributed by atoms with Gasteiger partial charge in [0.1, 0.15) is 12.1 Å². The van der Waals surface area contributed by atoms with Crippen molar-refractivity contribution in [2.45, 2.75) is 45.1 Å². The fraction of sp³-hybridized carbons (Fsp3) is 0.524. The zero-order valence-corrected chi connectivity index (χ0v) is 18.7. The van der Waals surface area contributed by atoms with Gasteiger partial charge < -0.3 is 5.32 Å². The van der Waals surface area contributed by atoms with Crippen LogP contribution in [0.5, 0.6) is 0 Å². The third-order valence-corrected chi connectivity index (χ3v) is 7.69. The lowest BCUT2D eigenvalue weighted by atomic mass is 9.73. The number of nitrogens with one attached hydrogen (secondary N) is 1. The maximum absolute atomic E-state index is 13.1. The molecule has 1 aromatic carbocycles. The molecular weight excluding hydrogens is 424 g/mol. The Morgan fingerprint density at radius 2 is 2.17 bits per heavy atom. The zero-order valence-electron chi connectivity index (χ0n) is 17.1. The Hall–Kier alpha value is -2.06. The number of rotatable bonds is 3. The standard InChI is InChI=1S/C21H25ClN4O3S/c1-13-6-3-4-9-21(13)18(28)26(19(29)24-21)12-17(27)25-10-11-30-20(25)23-16-8-5-7-15(22)14(16)2/h5,7-8,13H,3-4,6,9-12H2,1-2H3,(H,24,29)/t13-,21-/m0/s1. The Morgan fingerprint density at radius 1 is 1.37 bits per heavy atom. The van der Waals surface area contributed by atoms with Gasteiger partial charge in [-0.3, -0.25) is 19.4 Å². The SMILES string of the molecule is Cc1c(Cl)cccc1N=C1SCCN1C(=O)CN1C(=O)N[C@]2(CCCC[C@@H]2C)C1=O. The van der Waals surface area contributed by atoms with E-state index in [1.807, 2.05) is 26.0 Å². The quantitative estimate of drug-likeness (QED) is 0.714. The average Bonchev–Trinajstić information content (AvgIpc) is 3.27. The molecule has 0 aromatic heterocycles. The van der Waals surface area contributed by atoms with E-state index in [2.05, 4.69) is 10.3 Å². The Bertz CT molecular complexity index is 937. The highest BCUT2D eigenvalue weighted by Crippen LogP contribution is 2.38. The molecule has 2 aliphatic heterocycles. The summed E-state index contributed by atoms with van der Waals surface area (Å²) in [7, 11) is 0. The third-order valence-electron chi connectivity index (χ3n) is 6.33. The summed E-state index contributed by atoms with van der Waals surface area (Å²) in [6, 6.07) is 4.99. The van der Waals surface area contributed by atoms with Crippen molar-refractivity contribution in [1.82, 2.24) is 15.1 Å². The van der Waals surface area contributed by atoms with Crippen molar-refractivity contribution in [1.29, 1.82) is 0 Å². The molecule has 2 atom stereocenters. The van der Waals surface area contributed by atoms with Crippen LogP contribution in [0.2, 0.25) is 5.02 Å². The van der Waals surface area contributed by atoms with Crippen LogP contribution < -0.4 is 5.32 Å². The van der Waals surface area contributed by atoms with E-state index in [0.717, 1.165) is 29.7 Å². The van der Waals surface area contributed by atoms with E-state index in [-0.39, 0.29) is 24.3 Å². The van der Waals surface area contributed by atoms with E-state index in [1.54, 1.807) is 11.0 Å². The summed E-state index contributed by atoms with van der Waals surface area (Å²) in [6.07, 6.45) is 3.48. The Morgan fingerprint density at radius 3 is 2.93 bits per heavy atom. The maximum atomic E-state index is 13.1. The fourth-order valence-electron chi connectivity index (χ4n) is 4.41. The number of hydrogen-bond donors (Lipinski definition) is 1. The number of urea groups is 1. The molecule has 30 heavy (non-hydrogen) atoms. The summed E-state index contributed by atoms with van der Waals surface area (Å²) in [4.78, 5) is 46.0. The van der Waals surface area contributed by atoms with Crippen LogP contribution in [0.3, 0.4) is 0 Å². The van der Waals surface area contributed by atoms with Crippen molar-refractivity contribution < 1.29 is 14.4 Å². The molecule has 1 aliphatic carbocycles. The molecule has 4 rings (SSSR count). The van der Waals surface area contributed by atoms with Crippen molar-refractivity contribution in [3.63, 3.8) is 0 Å². The molecule has 2 heterocycles. The summed E-state index contributed by atoms with van der Waals surface area (Å²) in [5, 5.41) is 4.08. The molecule has 0 radical (unpaired) electrons. The summed E-state index contributed by atoms with van der Waals surface area (Å²) < 4.78 is 0. The van der Waals surface area contributed by atoms with Crippen molar-refractivity contribution >= 4 is 52.1 Å². The van der Waals surface area contributed by atoms with Crippen LogP contribution in [0.1, 0.15) is 38.2 Å². The van der Waals surface area contributed by atoms with Gasteiger partial charge >= 0.3 is 6.03 Å². The number of carbonyl (C=O) groups excluding carboxylic acids is 3. The summed E-state index contributed by atoms with van der Waals surface area (Å²) in [5.74, 6) is 0.199. The smallest absolute Gasteiger partial charge is 0.323 e. The predicted octanol–water partition coefficient (Wildman–Crippen LogP) is 3.71. The van der Waals surface area contributed by atoms with Gasteiger partial charge in [-0.1, -0.05) is 49.2 Å². The first kappa shape index (κ1) is 21.2. The molecule has 7 nitrogen and oxygen atoms in total. The van der Waals surface area contributed by atoms with Gasteiger partial charge in [-0.25, -0.2) is 9.79 Å². The minimum absolute atomic E-state index is 0.0630. The van der Waals surface area contributed by atoms with Gasteiger partial charge in [0.15, 0.2) is 5.17 Å². The number of amides is 4. The van der Waals surface area contributed by atoms with E-state index in [9.17, 15) is 14.4 Å². The number of imide groups is 1. The summed E-state index contributed by atoms with van der Waals surface area (Å²) in [5.41, 5.74) is 0.688. The molecule has 9 heteroatoms. The topological polar surface area (TPSA) is 82.1 Å². The molecule has 160 valence electrons. The Balaban J connectivity index is 1.52. The first-order valence-electron chi connectivity index (χ1n) is 10.2. The molecule has 1 aromatic rings. The lowest BCUT2D eigenvalue weighted by molar-refractivity contribution is -0.138. The molecule has 0 unspecified atom stereocenters. The van der Waals surface area contributed by atoms with Crippen molar-refractivity contribution in [3.05, 3.63) is 28.8 Å². The van der Waals surface area contributed by atoms with E-state index >= 15 is 0 Å². The second-order valence-electron chi connectivity index (χ2n) is 8.11. The molecule has 1 saturated carbocycles. The Labute approximate surface area is 185 Å². The second-order valence-corrected chi connectivity index (χ2v) is 9.58. The predicted molar refractivity (Wildman–Crippen MR) is 118 cm³/mol. The van der Waals surface area contributed by atoms with E-state index < -0.39 is 11.6 Å². The van der Waals surface area contributed by atoms with Gasteiger partial charge in [0, 0.05) is 17.3 Å². The molecule has 1 N–H and O–H groups in total. The lowest BCUT2D eigenvalue weighted by Crippen LogP contribution is -2.54. The molecule has 0 bridgehead atoms. The number of aliphatic imine (C=N–C) groups is 1. The molecular formula is C21H25ClN4O3S.